The van der Waals surface area contributed by atoms with Gasteiger partial charge in [-0.2, -0.15) is 13.2 Å². The highest BCUT2D eigenvalue weighted by molar-refractivity contribution is 6.35. The number of aliphatic hydroxyl groups is 1. The van der Waals surface area contributed by atoms with Gasteiger partial charge in [-0.25, -0.2) is 0 Å². The molecule has 1 unspecified atom stereocenters. The summed E-state index contributed by atoms with van der Waals surface area (Å²) in [7, 11) is 0. The normalized spacial score (nSPS) is 13.2. The fourth-order valence-electron chi connectivity index (χ4n) is 1.98. The predicted octanol–water partition coefficient (Wildman–Crippen LogP) is 5.29. The summed E-state index contributed by atoms with van der Waals surface area (Å²) in [4.78, 5) is 0. The summed E-state index contributed by atoms with van der Waals surface area (Å²) in [5.41, 5.74) is 0.0659. The molecule has 0 spiro atoms. The van der Waals surface area contributed by atoms with E-state index in [1.807, 2.05) is 0 Å². The Hall–Kier alpha value is -1.23. The molecule has 1 N–H and O–H groups in total. The standard InChI is InChI=1S/C15H11Cl2F3O/c16-11-4-5-12(13(17)8-11)14(21)7-9-2-1-3-10(6-9)15(18,19)20/h1-6,8,14,21H,7H2. The Kier molecular flexibility index (Phi) is 4.81. The highest BCUT2D eigenvalue weighted by Crippen LogP contribution is 2.32. The van der Waals surface area contributed by atoms with Crippen LogP contribution in [0.4, 0.5) is 13.2 Å². The summed E-state index contributed by atoms with van der Waals surface area (Å²) in [5.74, 6) is 0. The van der Waals surface area contributed by atoms with Gasteiger partial charge in [-0.05, 0) is 29.3 Å². The quantitative estimate of drug-likeness (QED) is 0.808. The van der Waals surface area contributed by atoms with Crippen molar-refractivity contribution in [2.45, 2.75) is 18.7 Å². The lowest BCUT2D eigenvalue weighted by molar-refractivity contribution is -0.137. The molecular weight excluding hydrogens is 324 g/mol. The van der Waals surface area contributed by atoms with Crippen molar-refractivity contribution >= 4 is 23.2 Å². The van der Waals surface area contributed by atoms with E-state index >= 15 is 0 Å². The van der Waals surface area contributed by atoms with Crippen LogP contribution >= 0.6 is 23.2 Å². The van der Waals surface area contributed by atoms with Crippen LogP contribution in [0.3, 0.4) is 0 Å². The molecular formula is C15H11Cl2F3O. The van der Waals surface area contributed by atoms with Crippen LogP contribution in [0.5, 0.6) is 0 Å². The van der Waals surface area contributed by atoms with Crippen molar-refractivity contribution in [3.8, 4) is 0 Å². The van der Waals surface area contributed by atoms with Gasteiger partial charge in [0.25, 0.3) is 0 Å². The molecule has 0 fully saturated rings. The summed E-state index contributed by atoms with van der Waals surface area (Å²) in [6.07, 6.45) is -5.37. The lowest BCUT2D eigenvalue weighted by Gasteiger charge is -2.14. The summed E-state index contributed by atoms with van der Waals surface area (Å²) in [6.45, 7) is 0. The Morgan fingerprint density at radius 1 is 1.05 bits per heavy atom. The molecule has 0 amide bonds. The molecule has 1 atom stereocenters. The molecule has 0 heterocycles. The van der Waals surface area contributed by atoms with Crippen molar-refractivity contribution in [2.24, 2.45) is 0 Å². The average molecular weight is 335 g/mol. The summed E-state index contributed by atoms with van der Waals surface area (Å²) in [5, 5.41) is 10.8. The number of hydrogen-bond acceptors (Lipinski definition) is 1. The predicted molar refractivity (Wildman–Crippen MR) is 76.6 cm³/mol. The maximum atomic E-state index is 12.6. The van der Waals surface area contributed by atoms with Crippen LogP contribution in [0.2, 0.25) is 10.0 Å². The topological polar surface area (TPSA) is 20.2 Å². The molecule has 0 aliphatic heterocycles. The summed E-state index contributed by atoms with van der Waals surface area (Å²) < 4.78 is 37.9. The fourth-order valence-corrected chi connectivity index (χ4v) is 2.51. The molecule has 2 rings (SSSR count). The minimum atomic E-state index is -4.40. The second-order valence-corrected chi connectivity index (χ2v) is 5.43. The summed E-state index contributed by atoms with van der Waals surface area (Å²) >= 11 is 11.7. The highest BCUT2D eigenvalue weighted by atomic mass is 35.5. The smallest absolute Gasteiger partial charge is 0.388 e. The first-order chi connectivity index (χ1) is 9.77. The van der Waals surface area contributed by atoms with Gasteiger partial charge in [-0.3, -0.25) is 0 Å². The third-order valence-electron chi connectivity index (χ3n) is 3.00. The molecule has 2 aromatic rings. The van der Waals surface area contributed by atoms with E-state index in [-0.39, 0.29) is 11.4 Å². The molecule has 0 radical (unpaired) electrons. The minimum absolute atomic E-state index is 0.0330. The van der Waals surface area contributed by atoms with E-state index in [0.29, 0.717) is 16.1 Å². The summed E-state index contributed by atoms with van der Waals surface area (Å²) in [6, 6.07) is 9.46. The van der Waals surface area contributed by atoms with Crippen molar-refractivity contribution in [2.75, 3.05) is 0 Å². The first-order valence-electron chi connectivity index (χ1n) is 6.06. The maximum Gasteiger partial charge on any atom is 0.416 e. The number of rotatable bonds is 3. The van der Waals surface area contributed by atoms with Crippen molar-refractivity contribution in [1.29, 1.82) is 0 Å². The number of benzene rings is 2. The van der Waals surface area contributed by atoms with Crippen molar-refractivity contribution in [1.82, 2.24) is 0 Å². The van der Waals surface area contributed by atoms with Crippen LogP contribution < -0.4 is 0 Å². The van der Waals surface area contributed by atoms with Gasteiger partial charge < -0.3 is 5.11 Å². The van der Waals surface area contributed by atoms with Gasteiger partial charge >= 0.3 is 6.18 Å². The number of halogens is 5. The van der Waals surface area contributed by atoms with Crippen LogP contribution in [-0.4, -0.2) is 5.11 Å². The Labute approximate surface area is 129 Å². The monoisotopic (exact) mass is 334 g/mol. The fraction of sp³-hybridized carbons (Fsp3) is 0.200. The average Bonchev–Trinajstić information content (AvgIpc) is 2.37. The molecule has 2 aromatic carbocycles. The molecule has 6 heteroatoms. The molecule has 0 aliphatic rings. The van der Waals surface area contributed by atoms with Crippen LogP contribution in [0.15, 0.2) is 42.5 Å². The largest absolute Gasteiger partial charge is 0.416 e. The van der Waals surface area contributed by atoms with Gasteiger partial charge in [0.2, 0.25) is 0 Å². The molecule has 0 bridgehead atoms. The number of aliphatic hydroxyl groups excluding tert-OH is 1. The van der Waals surface area contributed by atoms with Crippen molar-refractivity contribution in [3.05, 3.63) is 69.2 Å². The van der Waals surface area contributed by atoms with Crippen molar-refractivity contribution < 1.29 is 18.3 Å². The molecule has 21 heavy (non-hydrogen) atoms. The molecule has 0 aromatic heterocycles. The van der Waals surface area contributed by atoms with E-state index < -0.39 is 17.8 Å². The van der Waals surface area contributed by atoms with E-state index in [9.17, 15) is 18.3 Å². The van der Waals surface area contributed by atoms with Gasteiger partial charge in [0.15, 0.2) is 0 Å². The zero-order valence-corrected chi connectivity index (χ0v) is 12.2. The van der Waals surface area contributed by atoms with E-state index in [2.05, 4.69) is 0 Å². The van der Waals surface area contributed by atoms with E-state index in [0.717, 1.165) is 12.1 Å². The molecule has 0 saturated heterocycles. The van der Waals surface area contributed by atoms with Gasteiger partial charge in [-0.15, -0.1) is 0 Å². The first kappa shape index (κ1) is 16.1. The van der Waals surface area contributed by atoms with Crippen LogP contribution in [-0.2, 0) is 12.6 Å². The Balaban J connectivity index is 2.21. The van der Waals surface area contributed by atoms with E-state index in [1.165, 1.54) is 18.2 Å². The Morgan fingerprint density at radius 3 is 2.38 bits per heavy atom. The number of hydrogen-bond donors (Lipinski definition) is 1. The third kappa shape index (κ3) is 4.13. The zero-order chi connectivity index (χ0) is 15.6. The van der Waals surface area contributed by atoms with Crippen molar-refractivity contribution in [3.63, 3.8) is 0 Å². The van der Waals surface area contributed by atoms with Gasteiger partial charge in [0.05, 0.1) is 11.7 Å². The Morgan fingerprint density at radius 2 is 1.76 bits per heavy atom. The lowest BCUT2D eigenvalue weighted by atomic mass is 10.00. The second kappa shape index (κ2) is 6.26. The van der Waals surface area contributed by atoms with Crippen LogP contribution in [0.1, 0.15) is 22.8 Å². The second-order valence-electron chi connectivity index (χ2n) is 4.58. The first-order valence-corrected chi connectivity index (χ1v) is 6.82. The van der Waals surface area contributed by atoms with E-state index in [4.69, 9.17) is 23.2 Å². The van der Waals surface area contributed by atoms with Crippen LogP contribution in [0.25, 0.3) is 0 Å². The van der Waals surface area contributed by atoms with Gasteiger partial charge in [-0.1, -0.05) is 47.5 Å². The maximum absolute atomic E-state index is 12.6. The lowest BCUT2D eigenvalue weighted by Crippen LogP contribution is -2.07. The molecule has 0 saturated carbocycles. The number of alkyl halides is 3. The minimum Gasteiger partial charge on any atom is -0.388 e. The van der Waals surface area contributed by atoms with E-state index in [1.54, 1.807) is 12.1 Å². The SMILES string of the molecule is OC(Cc1cccc(C(F)(F)F)c1)c1ccc(Cl)cc1Cl. The third-order valence-corrected chi connectivity index (χ3v) is 3.57. The highest BCUT2D eigenvalue weighted by Gasteiger charge is 2.30. The zero-order valence-electron chi connectivity index (χ0n) is 10.7. The van der Waals surface area contributed by atoms with Gasteiger partial charge in [0, 0.05) is 16.5 Å². The van der Waals surface area contributed by atoms with Crippen LogP contribution in [0, 0.1) is 0 Å². The van der Waals surface area contributed by atoms with Gasteiger partial charge in [0.1, 0.15) is 0 Å². The molecule has 1 nitrogen and oxygen atoms in total. The Bertz CT molecular complexity index is 641. The molecule has 0 aliphatic carbocycles. The molecule has 112 valence electrons.